The van der Waals surface area contributed by atoms with Crippen molar-refractivity contribution in [3.05, 3.63) is 142 Å². The van der Waals surface area contributed by atoms with Gasteiger partial charge in [0.25, 0.3) is 0 Å². The average Bonchev–Trinajstić information content (AvgIpc) is 3.26. The number of pyridine rings is 1. The number of hydrogen-bond acceptors (Lipinski definition) is 10. The summed E-state index contributed by atoms with van der Waals surface area (Å²) in [5, 5.41) is 16.8. The first-order valence-electron chi connectivity index (χ1n) is 21.3. The van der Waals surface area contributed by atoms with Gasteiger partial charge in [0.2, 0.25) is 11.8 Å². The molecule has 0 saturated heterocycles. The number of aromatic nitrogens is 1. The minimum absolute atomic E-state index is 0.0471. The van der Waals surface area contributed by atoms with Gasteiger partial charge in [-0.1, -0.05) is 72.3 Å². The standard InChI is InChI=1S/C26H32N4O2.C23H30FN3O3/c1-18-9-11-23-21(14-18)15-20(17-29-23)16-25(31)24(12-10-19-6-3-2-4-7-19)30-26(32)22(28)8-5-13-27;1-15-12-18(24)13-17(22(15)29)14-21(28)20(10-9-16-6-3-2-4-7-16)27-23(30)19(26)8-5-11-25/h2-4,6-7,9,11,14-15,17,22,24H,5,8,10,12-13,16,27-28H2,1H3,(H,30,32);2-4,6-7,12-13,19-20,29H,5,8-11,14,25-26H2,1H3,(H,27,30)/t22-,24+;19-,20+/m00/s1. The summed E-state index contributed by atoms with van der Waals surface area (Å²) in [4.78, 5) is 55.7. The largest absolute Gasteiger partial charge is 0.507 e. The molecule has 1 aromatic heterocycles. The van der Waals surface area contributed by atoms with E-state index in [1.807, 2.05) is 85.8 Å². The van der Waals surface area contributed by atoms with E-state index in [0.29, 0.717) is 70.0 Å². The molecule has 62 heavy (non-hydrogen) atoms. The molecule has 5 aromatic rings. The number of amides is 2. The number of carbonyl (C=O) groups is 4. The van der Waals surface area contributed by atoms with Gasteiger partial charge in [-0.3, -0.25) is 24.2 Å². The zero-order valence-corrected chi connectivity index (χ0v) is 35.8. The molecule has 11 N–H and O–H groups in total. The number of Topliss-reactive ketones (excluding diaryl/α,β-unsaturated/α-hetero) is 2. The van der Waals surface area contributed by atoms with Crippen LogP contribution in [0.25, 0.3) is 10.9 Å². The van der Waals surface area contributed by atoms with Crippen LogP contribution in [0, 0.1) is 19.7 Å². The number of aromatic hydroxyl groups is 1. The Balaban J connectivity index is 0.000000273. The lowest BCUT2D eigenvalue weighted by Crippen LogP contribution is -2.49. The molecule has 4 atom stereocenters. The third kappa shape index (κ3) is 15.9. The van der Waals surface area contributed by atoms with Crippen LogP contribution in [0.15, 0.2) is 103 Å². The molecule has 330 valence electrons. The number of hydrogen-bond donors (Lipinski definition) is 7. The first-order chi connectivity index (χ1) is 29.8. The van der Waals surface area contributed by atoms with Crippen molar-refractivity contribution in [1.29, 1.82) is 0 Å². The van der Waals surface area contributed by atoms with Crippen molar-refractivity contribution >= 4 is 34.3 Å². The Kier molecular flexibility index (Phi) is 19.8. The van der Waals surface area contributed by atoms with Crippen molar-refractivity contribution in [3.63, 3.8) is 0 Å². The molecule has 0 bridgehead atoms. The Labute approximate surface area is 364 Å². The first kappa shape index (κ1) is 48.8. The Morgan fingerprint density at radius 2 is 1.18 bits per heavy atom. The van der Waals surface area contributed by atoms with Gasteiger partial charge < -0.3 is 38.7 Å². The van der Waals surface area contributed by atoms with Gasteiger partial charge >= 0.3 is 0 Å². The van der Waals surface area contributed by atoms with Crippen LogP contribution in [0.3, 0.4) is 0 Å². The smallest absolute Gasteiger partial charge is 0.237 e. The number of nitrogens with one attached hydrogen (secondary N) is 2. The van der Waals surface area contributed by atoms with E-state index in [-0.39, 0.29) is 41.6 Å². The van der Waals surface area contributed by atoms with E-state index in [1.54, 1.807) is 13.1 Å². The molecule has 2 amide bonds. The van der Waals surface area contributed by atoms with E-state index in [0.717, 1.165) is 39.2 Å². The number of nitrogens with two attached hydrogens (primary N) is 4. The molecule has 0 aliphatic heterocycles. The molecular weight excluding hydrogens is 786 g/mol. The van der Waals surface area contributed by atoms with Gasteiger partial charge in [0.05, 0.1) is 29.7 Å². The molecule has 0 unspecified atom stereocenters. The van der Waals surface area contributed by atoms with E-state index < -0.39 is 35.9 Å². The number of carbonyl (C=O) groups excluding carboxylic acids is 4. The van der Waals surface area contributed by atoms with Gasteiger partial charge in [-0.05, 0) is 131 Å². The van der Waals surface area contributed by atoms with Crippen LogP contribution in [0.5, 0.6) is 5.75 Å². The fourth-order valence-electron chi connectivity index (χ4n) is 7.00. The number of phenols is 1. The van der Waals surface area contributed by atoms with Crippen LogP contribution in [-0.2, 0) is 44.9 Å². The Hall–Kier alpha value is -5.86. The predicted octanol–water partition coefficient (Wildman–Crippen LogP) is 4.97. The van der Waals surface area contributed by atoms with Crippen LogP contribution in [-0.4, -0.2) is 70.7 Å². The molecule has 0 aliphatic carbocycles. The van der Waals surface area contributed by atoms with Crippen LogP contribution in [0.1, 0.15) is 71.9 Å². The maximum atomic E-state index is 13.7. The second-order valence-electron chi connectivity index (χ2n) is 15.8. The summed E-state index contributed by atoms with van der Waals surface area (Å²) in [6.45, 7) is 4.50. The minimum Gasteiger partial charge on any atom is -0.507 e. The summed E-state index contributed by atoms with van der Waals surface area (Å²) >= 11 is 0. The number of ketones is 2. The number of phenolic OH excluding ortho intramolecular Hbond substituents is 1. The molecule has 0 radical (unpaired) electrons. The number of fused-ring (bicyclic) bond motifs is 1. The molecule has 0 aliphatic rings. The van der Waals surface area contributed by atoms with Gasteiger partial charge in [-0.25, -0.2) is 4.39 Å². The van der Waals surface area contributed by atoms with E-state index in [9.17, 15) is 28.7 Å². The fraction of sp³-hybridized carbons (Fsp3) is 0.367. The maximum Gasteiger partial charge on any atom is 0.237 e. The molecule has 0 spiro atoms. The summed E-state index contributed by atoms with van der Waals surface area (Å²) in [5.74, 6) is -1.73. The number of benzene rings is 4. The second-order valence-corrected chi connectivity index (χ2v) is 15.8. The van der Waals surface area contributed by atoms with Crippen molar-refractivity contribution in [1.82, 2.24) is 15.6 Å². The predicted molar refractivity (Wildman–Crippen MR) is 243 cm³/mol. The summed E-state index contributed by atoms with van der Waals surface area (Å²) < 4.78 is 13.7. The molecule has 0 saturated carbocycles. The zero-order valence-electron chi connectivity index (χ0n) is 35.8. The molecule has 12 nitrogen and oxygen atoms in total. The quantitative estimate of drug-likeness (QED) is 0.0495. The number of aryl methyl sites for hydroxylation is 4. The number of halogens is 1. The summed E-state index contributed by atoms with van der Waals surface area (Å²) in [7, 11) is 0. The molecule has 1 heterocycles. The van der Waals surface area contributed by atoms with Gasteiger partial charge in [0.15, 0.2) is 11.6 Å². The highest BCUT2D eigenvalue weighted by molar-refractivity contribution is 5.93. The van der Waals surface area contributed by atoms with Gasteiger partial charge in [0.1, 0.15) is 11.6 Å². The molecule has 5 rings (SSSR count). The fourth-order valence-corrected chi connectivity index (χ4v) is 7.00. The van der Waals surface area contributed by atoms with Crippen LogP contribution in [0.4, 0.5) is 4.39 Å². The lowest BCUT2D eigenvalue weighted by molar-refractivity contribution is -0.128. The van der Waals surface area contributed by atoms with Crippen LogP contribution in [0.2, 0.25) is 0 Å². The van der Waals surface area contributed by atoms with Crippen molar-refractivity contribution in [2.45, 2.75) is 102 Å². The third-order valence-corrected chi connectivity index (χ3v) is 10.6. The van der Waals surface area contributed by atoms with Gasteiger partial charge in [-0.2, -0.15) is 0 Å². The highest BCUT2D eigenvalue weighted by atomic mass is 19.1. The Morgan fingerprint density at radius 3 is 1.69 bits per heavy atom. The van der Waals surface area contributed by atoms with E-state index >= 15 is 0 Å². The van der Waals surface area contributed by atoms with Crippen molar-refractivity contribution in [2.24, 2.45) is 22.9 Å². The van der Waals surface area contributed by atoms with Gasteiger partial charge in [0, 0.05) is 30.0 Å². The SMILES string of the molecule is Cc1cc(F)cc(CC(=O)[C@@H](CCc2ccccc2)NC(=O)[C@@H](N)CCCN)c1O.Cc1ccc2ncc(CC(=O)[C@@H](CCc3ccccc3)NC(=O)[C@@H](N)CCCN)cc2c1. The highest BCUT2D eigenvalue weighted by Gasteiger charge is 2.26. The summed E-state index contributed by atoms with van der Waals surface area (Å²) in [6.07, 6.45) is 6.07. The van der Waals surface area contributed by atoms with Crippen LogP contribution >= 0.6 is 0 Å². The van der Waals surface area contributed by atoms with E-state index in [2.05, 4.69) is 21.7 Å². The minimum atomic E-state index is -0.801. The lowest BCUT2D eigenvalue weighted by Gasteiger charge is -2.21. The highest BCUT2D eigenvalue weighted by Crippen LogP contribution is 2.25. The summed E-state index contributed by atoms with van der Waals surface area (Å²) in [6, 6.07) is 27.1. The maximum absolute atomic E-state index is 13.7. The lowest BCUT2D eigenvalue weighted by atomic mass is 9.96. The number of rotatable bonds is 22. The van der Waals surface area contributed by atoms with E-state index in [1.165, 1.54) is 6.07 Å². The zero-order chi connectivity index (χ0) is 45.0. The Bertz CT molecular complexity index is 2220. The first-order valence-corrected chi connectivity index (χ1v) is 21.3. The Morgan fingerprint density at radius 1 is 0.661 bits per heavy atom. The summed E-state index contributed by atoms with van der Waals surface area (Å²) in [5.41, 5.74) is 28.5. The van der Waals surface area contributed by atoms with Crippen LogP contribution < -0.4 is 33.6 Å². The second kappa shape index (κ2) is 25.2. The average molecular weight is 848 g/mol. The topological polar surface area (TPSA) is 230 Å². The van der Waals surface area contributed by atoms with E-state index in [4.69, 9.17) is 22.9 Å². The molecule has 0 fully saturated rings. The van der Waals surface area contributed by atoms with Crippen molar-refractivity contribution < 1.29 is 28.7 Å². The normalized spacial score (nSPS) is 13.0. The van der Waals surface area contributed by atoms with Crippen molar-refractivity contribution in [3.8, 4) is 5.75 Å². The van der Waals surface area contributed by atoms with Crippen molar-refractivity contribution in [2.75, 3.05) is 13.1 Å². The van der Waals surface area contributed by atoms with Gasteiger partial charge in [-0.15, -0.1) is 0 Å². The molecule has 4 aromatic carbocycles. The number of nitrogens with zero attached hydrogens (tertiary/aromatic N) is 1. The molecule has 13 heteroatoms. The third-order valence-electron chi connectivity index (χ3n) is 10.6. The molecular formula is C49H62FN7O5. The monoisotopic (exact) mass is 847 g/mol.